The van der Waals surface area contributed by atoms with Crippen LogP contribution in [0.3, 0.4) is 0 Å². The lowest BCUT2D eigenvalue weighted by Crippen LogP contribution is -2.01. The predicted octanol–water partition coefficient (Wildman–Crippen LogP) is 3.23. The molecule has 0 amide bonds. The number of ether oxygens (including phenoxy) is 1. The highest BCUT2D eigenvalue weighted by Crippen LogP contribution is 2.24. The SMILES string of the molecule is FC(F)Oc1cccc(-c2nc3ccncc3[nH]2)c1. The first-order valence-electron chi connectivity index (χ1n) is 5.57. The zero-order valence-electron chi connectivity index (χ0n) is 9.68. The zero-order chi connectivity index (χ0) is 13.2. The van der Waals surface area contributed by atoms with Gasteiger partial charge in [0.05, 0.1) is 17.2 Å². The summed E-state index contributed by atoms with van der Waals surface area (Å²) < 4.78 is 28.7. The number of H-pyrrole nitrogens is 1. The van der Waals surface area contributed by atoms with Gasteiger partial charge in [-0.2, -0.15) is 8.78 Å². The van der Waals surface area contributed by atoms with E-state index in [0.717, 1.165) is 11.0 Å². The van der Waals surface area contributed by atoms with E-state index in [2.05, 4.69) is 19.7 Å². The normalized spacial score (nSPS) is 11.1. The summed E-state index contributed by atoms with van der Waals surface area (Å²) in [7, 11) is 0. The van der Waals surface area contributed by atoms with Gasteiger partial charge in [0.1, 0.15) is 11.6 Å². The maximum Gasteiger partial charge on any atom is 0.387 e. The Morgan fingerprint density at radius 1 is 1.21 bits per heavy atom. The molecule has 0 aliphatic carbocycles. The van der Waals surface area contributed by atoms with E-state index in [1.165, 1.54) is 12.1 Å². The minimum absolute atomic E-state index is 0.103. The van der Waals surface area contributed by atoms with Gasteiger partial charge in [-0.25, -0.2) is 4.98 Å². The largest absolute Gasteiger partial charge is 0.435 e. The van der Waals surface area contributed by atoms with E-state index in [9.17, 15) is 8.78 Å². The number of halogens is 2. The number of imidazole rings is 1. The van der Waals surface area contributed by atoms with Crippen molar-refractivity contribution in [2.75, 3.05) is 0 Å². The number of rotatable bonds is 3. The van der Waals surface area contributed by atoms with Crippen LogP contribution in [0.1, 0.15) is 0 Å². The maximum absolute atomic E-state index is 12.2. The number of hydrogen-bond donors (Lipinski definition) is 1. The highest BCUT2D eigenvalue weighted by Gasteiger charge is 2.08. The van der Waals surface area contributed by atoms with Gasteiger partial charge in [-0.05, 0) is 18.2 Å². The summed E-state index contributed by atoms with van der Waals surface area (Å²) in [6.07, 6.45) is 3.30. The Balaban J connectivity index is 2.01. The minimum Gasteiger partial charge on any atom is -0.435 e. The second kappa shape index (κ2) is 4.64. The molecule has 1 aromatic carbocycles. The van der Waals surface area contributed by atoms with Crippen LogP contribution < -0.4 is 4.74 Å². The first-order valence-corrected chi connectivity index (χ1v) is 5.57. The quantitative estimate of drug-likeness (QED) is 0.787. The van der Waals surface area contributed by atoms with Gasteiger partial charge in [0.15, 0.2) is 0 Å². The Bertz CT molecular complexity index is 679. The molecule has 0 saturated carbocycles. The molecule has 96 valence electrons. The topological polar surface area (TPSA) is 50.8 Å². The van der Waals surface area contributed by atoms with Crippen LogP contribution in [0, 0.1) is 0 Å². The van der Waals surface area contributed by atoms with E-state index in [1.54, 1.807) is 30.6 Å². The lowest BCUT2D eigenvalue weighted by molar-refractivity contribution is -0.0498. The van der Waals surface area contributed by atoms with Gasteiger partial charge in [0.25, 0.3) is 0 Å². The van der Waals surface area contributed by atoms with Crippen molar-refractivity contribution in [1.82, 2.24) is 15.0 Å². The number of alkyl halides is 2. The van der Waals surface area contributed by atoms with Crippen molar-refractivity contribution in [3.63, 3.8) is 0 Å². The molecule has 0 aliphatic heterocycles. The second-order valence-electron chi connectivity index (χ2n) is 3.88. The molecule has 0 radical (unpaired) electrons. The van der Waals surface area contributed by atoms with Gasteiger partial charge in [-0.1, -0.05) is 12.1 Å². The molecule has 0 fully saturated rings. The second-order valence-corrected chi connectivity index (χ2v) is 3.88. The molecule has 0 saturated heterocycles. The van der Waals surface area contributed by atoms with Crippen LogP contribution in [0.15, 0.2) is 42.7 Å². The summed E-state index contributed by atoms with van der Waals surface area (Å²) in [5.41, 5.74) is 2.23. The lowest BCUT2D eigenvalue weighted by Gasteiger charge is -2.05. The van der Waals surface area contributed by atoms with Gasteiger partial charge in [0.2, 0.25) is 0 Å². The van der Waals surface area contributed by atoms with Crippen molar-refractivity contribution in [1.29, 1.82) is 0 Å². The predicted molar refractivity (Wildman–Crippen MR) is 66.0 cm³/mol. The van der Waals surface area contributed by atoms with Crippen molar-refractivity contribution in [3.8, 4) is 17.1 Å². The van der Waals surface area contributed by atoms with E-state index in [4.69, 9.17) is 0 Å². The van der Waals surface area contributed by atoms with Crippen LogP contribution in [0.5, 0.6) is 5.75 Å². The zero-order valence-corrected chi connectivity index (χ0v) is 9.68. The number of nitrogens with zero attached hydrogens (tertiary/aromatic N) is 2. The van der Waals surface area contributed by atoms with Gasteiger partial charge >= 0.3 is 6.61 Å². The number of aromatic amines is 1. The fourth-order valence-corrected chi connectivity index (χ4v) is 1.81. The lowest BCUT2D eigenvalue weighted by atomic mass is 10.2. The average molecular weight is 261 g/mol. The molecular weight excluding hydrogens is 252 g/mol. The molecule has 19 heavy (non-hydrogen) atoms. The molecule has 2 aromatic heterocycles. The summed E-state index contributed by atoms with van der Waals surface area (Å²) in [5.74, 6) is 0.689. The van der Waals surface area contributed by atoms with Gasteiger partial charge in [-0.3, -0.25) is 4.98 Å². The molecular formula is C13H9F2N3O. The highest BCUT2D eigenvalue weighted by atomic mass is 19.3. The fraction of sp³-hybridized carbons (Fsp3) is 0.0769. The van der Waals surface area contributed by atoms with Crippen molar-refractivity contribution in [2.24, 2.45) is 0 Å². The summed E-state index contributed by atoms with van der Waals surface area (Å²) in [6.45, 7) is -2.84. The molecule has 4 nitrogen and oxygen atoms in total. The standard InChI is InChI=1S/C13H9F2N3O/c14-13(15)19-9-3-1-2-8(6-9)12-17-10-4-5-16-7-11(10)18-12/h1-7,13H,(H,17,18). The third-order valence-corrected chi connectivity index (χ3v) is 2.62. The molecule has 3 rings (SSSR count). The third-order valence-electron chi connectivity index (χ3n) is 2.62. The third kappa shape index (κ3) is 2.37. The summed E-state index contributed by atoms with van der Waals surface area (Å²) >= 11 is 0. The molecule has 1 N–H and O–H groups in total. The Hall–Kier alpha value is -2.50. The summed E-state index contributed by atoms with van der Waals surface area (Å²) in [5, 5.41) is 0. The molecule has 2 heterocycles. The number of aromatic nitrogens is 3. The number of pyridine rings is 1. The van der Waals surface area contributed by atoms with E-state index >= 15 is 0 Å². The highest BCUT2D eigenvalue weighted by molar-refractivity contribution is 5.78. The Kier molecular flexibility index (Phi) is 2.83. The van der Waals surface area contributed by atoms with E-state index < -0.39 is 6.61 Å². The molecule has 0 spiro atoms. The molecule has 0 unspecified atom stereocenters. The summed E-state index contributed by atoms with van der Waals surface area (Å²) in [4.78, 5) is 11.4. The van der Waals surface area contributed by atoms with Crippen molar-refractivity contribution < 1.29 is 13.5 Å². The van der Waals surface area contributed by atoms with Crippen LogP contribution in [0.4, 0.5) is 8.78 Å². The Morgan fingerprint density at radius 2 is 2.11 bits per heavy atom. The van der Waals surface area contributed by atoms with Gasteiger partial charge < -0.3 is 9.72 Å². The minimum atomic E-state index is -2.84. The monoisotopic (exact) mass is 261 g/mol. The first kappa shape index (κ1) is 11.6. The van der Waals surface area contributed by atoms with Crippen LogP contribution in [-0.2, 0) is 0 Å². The smallest absolute Gasteiger partial charge is 0.387 e. The van der Waals surface area contributed by atoms with Crippen LogP contribution in [0.2, 0.25) is 0 Å². The van der Waals surface area contributed by atoms with Crippen molar-refractivity contribution in [2.45, 2.75) is 6.61 Å². The first-order chi connectivity index (χ1) is 9.22. The molecule has 3 aromatic rings. The fourth-order valence-electron chi connectivity index (χ4n) is 1.81. The number of hydrogen-bond acceptors (Lipinski definition) is 3. The van der Waals surface area contributed by atoms with E-state index in [-0.39, 0.29) is 5.75 Å². The van der Waals surface area contributed by atoms with Crippen LogP contribution >= 0.6 is 0 Å². The average Bonchev–Trinajstić information content (AvgIpc) is 2.82. The van der Waals surface area contributed by atoms with E-state index in [1.807, 2.05) is 0 Å². The maximum atomic E-state index is 12.2. The summed E-state index contributed by atoms with van der Waals surface area (Å²) in [6, 6.07) is 8.16. The van der Waals surface area contributed by atoms with Crippen LogP contribution in [0.25, 0.3) is 22.4 Å². The van der Waals surface area contributed by atoms with Gasteiger partial charge in [0, 0.05) is 11.8 Å². The molecule has 0 aliphatic rings. The molecule has 0 bridgehead atoms. The number of fused-ring (bicyclic) bond motifs is 1. The number of benzene rings is 1. The van der Waals surface area contributed by atoms with E-state index in [0.29, 0.717) is 11.4 Å². The Morgan fingerprint density at radius 3 is 2.89 bits per heavy atom. The van der Waals surface area contributed by atoms with Crippen LogP contribution in [-0.4, -0.2) is 21.6 Å². The van der Waals surface area contributed by atoms with Gasteiger partial charge in [-0.15, -0.1) is 0 Å². The molecule has 0 atom stereocenters. The van der Waals surface area contributed by atoms with Crippen molar-refractivity contribution >= 4 is 11.0 Å². The Labute approximate surface area is 107 Å². The number of nitrogens with one attached hydrogen (secondary N) is 1. The van der Waals surface area contributed by atoms with Crippen molar-refractivity contribution in [3.05, 3.63) is 42.7 Å². The molecule has 6 heteroatoms.